The highest BCUT2D eigenvalue weighted by molar-refractivity contribution is 7.55. The number of esters is 1. The monoisotopic (exact) mass is 266 g/mol. The second-order valence-corrected chi connectivity index (χ2v) is 4.88. The average molecular weight is 266 g/mol. The molecule has 0 aliphatic carbocycles. The maximum Gasteiger partial charge on any atom is 0.370 e. The number of hydrogen-bond acceptors (Lipinski definition) is 7. The molecule has 0 aromatic carbocycles. The first-order valence-electron chi connectivity index (χ1n) is 4.53. The molecular weight excluding hydrogens is 251 g/mol. The van der Waals surface area contributed by atoms with Crippen LogP contribution in [0, 0.1) is 11.8 Å². The van der Waals surface area contributed by atoms with Crippen molar-refractivity contribution in [2.24, 2.45) is 0 Å². The Balaban J connectivity index is 4.76. The smallest absolute Gasteiger partial charge is 0.370 e. The van der Waals surface area contributed by atoms with Gasteiger partial charge in [-0.05, 0) is 0 Å². The minimum atomic E-state index is -3.74. The molecule has 1 N–H and O–H groups in total. The third-order valence-corrected chi connectivity index (χ3v) is 3.67. The van der Waals surface area contributed by atoms with Gasteiger partial charge in [0.15, 0.2) is 0 Å². The van der Waals surface area contributed by atoms with Gasteiger partial charge >= 0.3 is 13.6 Å². The first kappa shape index (κ1) is 16.1. The van der Waals surface area contributed by atoms with Gasteiger partial charge in [0.05, 0.1) is 7.11 Å². The normalized spacial score (nSPS) is 12.5. The van der Waals surface area contributed by atoms with E-state index in [0.717, 1.165) is 21.3 Å². The number of methoxy groups -OCH3 is 1. The van der Waals surface area contributed by atoms with Crippen molar-refractivity contribution in [1.82, 2.24) is 0 Å². The van der Waals surface area contributed by atoms with E-state index in [4.69, 9.17) is 9.84 Å². The lowest BCUT2D eigenvalue weighted by Gasteiger charge is -2.21. The second-order valence-electron chi connectivity index (χ2n) is 2.60. The maximum atomic E-state index is 11.9. The maximum absolute atomic E-state index is 11.9. The summed E-state index contributed by atoms with van der Waals surface area (Å²) in [5.41, 5.74) is 0. The van der Waals surface area contributed by atoms with Crippen molar-refractivity contribution < 1.29 is 33.0 Å². The van der Waals surface area contributed by atoms with Crippen LogP contribution in [0.1, 0.15) is 0 Å². The zero-order valence-corrected chi connectivity index (χ0v) is 10.7. The van der Waals surface area contributed by atoms with Crippen molar-refractivity contribution in [2.45, 2.75) is 5.85 Å². The van der Waals surface area contributed by atoms with Gasteiger partial charge in [0.2, 0.25) is 0 Å². The van der Waals surface area contributed by atoms with Crippen LogP contribution in [0.5, 0.6) is 0 Å². The third kappa shape index (κ3) is 4.86. The second kappa shape index (κ2) is 8.23. The van der Waals surface area contributed by atoms with Crippen LogP contribution in [0.25, 0.3) is 0 Å². The molecule has 0 aliphatic rings. The van der Waals surface area contributed by atoms with Gasteiger partial charge in [0.1, 0.15) is 13.2 Å². The molecule has 0 amide bonds. The zero-order chi connectivity index (χ0) is 13.3. The Morgan fingerprint density at radius 2 is 1.88 bits per heavy atom. The van der Waals surface area contributed by atoms with Gasteiger partial charge in [-0.2, -0.15) is 0 Å². The van der Waals surface area contributed by atoms with Gasteiger partial charge in [0.25, 0.3) is 5.85 Å². The molecule has 0 spiro atoms. The number of rotatable bonds is 6. The lowest BCUT2D eigenvalue weighted by Crippen LogP contribution is -2.27. The third-order valence-electron chi connectivity index (χ3n) is 1.72. The fraction of sp³-hybridized carbons (Fsp3) is 0.667. The van der Waals surface area contributed by atoms with Gasteiger partial charge in [-0.15, -0.1) is 0 Å². The van der Waals surface area contributed by atoms with Crippen molar-refractivity contribution >= 4 is 13.6 Å². The molecular formula is C9H15O7P. The van der Waals surface area contributed by atoms with E-state index in [1.807, 2.05) is 0 Å². The summed E-state index contributed by atoms with van der Waals surface area (Å²) < 4.78 is 30.6. The number of carbonyl (C=O) groups excluding carboxylic acids is 1. The summed E-state index contributed by atoms with van der Waals surface area (Å²) in [6, 6.07) is 0. The minimum Gasteiger partial charge on any atom is -0.467 e. The molecule has 0 aromatic heterocycles. The standard InChI is InChI=1S/C9H15O7P/c1-13-8(11)9(16-7-5-4-6-10)17(12,14-2)15-3/h9-10H,6-7H2,1-3H3. The summed E-state index contributed by atoms with van der Waals surface area (Å²) in [5.74, 6) is 2.32. The van der Waals surface area contributed by atoms with E-state index in [-0.39, 0.29) is 13.2 Å². The van der Waals surface area contributed by atoms with Gasteiger partial charge in [-0.25, -0.2) is 4.79 Å². The van der Waals surface area contributed by atoms with Gasteiger partial charge in [0, 0.05) is 14.2 Å². The van der Waals surface area contributed by atoms with Crippen LogP contribution in [-0.2, 0) is 27.9 Å². The van der Waals surface area contributed by atoms with E-state index in [0.29, 0.717) is 0 Å². The van der Waals surface area contributed by atoms with E-state index in [1.54, 1.807) is 0 Å². The number of hydrogen-bond donors (Lipinski definition) is 1. The quantitative estimate of drug-likeness (QED) is 0.410. The van der Waals surface area contributed by atoms with E-state index in [1.165, 1.54) is 0 Å². The highest BCUT2D eigenvalue weighted by atomic mass is 31.2. The minimum absolute atomic E-state index is 0.211. The summed E-state index contributed by atoms with van der Waals surface area (Å²) >= 11 is 0. The summed E-state index contributed by atoms with van der Waals surface area (Å²) in [6.45, 7) is -0.546. The Bertz CT molecular complexity index is 335. The molecule has 98 valence electrons. The lowest BCUT2D eigenvalue weighted by atomic mass is 10.6. The Morgan fingerprint density at radius 3 is 2.29 bits per heavy atom. The largest absolute Gasteiger partial charge is 0.467 e. The molecule has 0 radical (unpaired) electrons. The molecule has 0 aliphatic heterocycles. The topological polar surface area (TPSA) is 91.3 Å². The highest BCUT2D eigenvalue weighted by Crippen LogP contribution is 2.52. The number of aliphatic hydroxyl groups is 1. The van der Waals surface area contributed by atoms with Crippen LogP contribution in [-0.4, -0.2) is 51.5 Å². The van der Waals surface area contributed by atoms with E-state index in [9.17, 15) is 9.36 Å². The molecule has 7 nitrogen and oxygen atoms in total. The summed E-state index contributed by atoms with van der Waals surface area (Å²) in [5, 5.41) is 8.41. The predicted molar refractivity (Wildman–Crippen MR) is 58.2 cm³/mol. The highest BCUT2D eigenvalue weighted by Gasteiger charge is 2.42. The first-order valence-corrected chi connectivity index (χ1v) is 6.14. The number of carbonyl (C=O) groups is 1. The Hall–Kier alpha value is -0.900. The molecule has 0 heterocycles. The molecule has 0 fully saturated rings. The van der Waals surface area contributed by atoms with Gasteiger partial charge in [-0.3, -0.25) is 4.57 Å². The Morgan fingerprint density at radius 1 is 1.29 bits per heavy atom. The number of ether oxygens (including phenoxy) is 2. The summed E-state index contributed by atoms with van der Waals surface area (Å²) in [4.78, 5) is 11.4. The van der Waals surface area contributed by atoms with E-state index < -0.39 is 19.4 Å². The van der Waals surface area contributed by atoms with Crippen molar-refractivity contribution in [3.05, 3.63) is 0 Å². The first-order chi connectivity index (χ1) is 8.05. The predicted octanol–water partition coefficient (Wildman–Crippen LogP) is -0.0163. The van der Waals surface area contributed by atoms with Crippen molar-refractivity contribution in [3.8, 4) is 11.8 Å². The van der Waals surface area contributed by atoms with Crippen molar-refractivity contribution in [3.63, 3.8) is 0 Å². The molecule has 0 saturated carbocycles. The zero-order valence-electron chi connectivity index (χ0n) is 9.84. The lowest BCUT2D eigenvalue weighted by molar-refractivity contribution is -0.149. The van der Waals surface area contributed by atoms with Crippen LogP contribution in [0.3, 0.4) is 0 Å². The molecule has 0 rings (SSSR count). The van der Waals surface area contributed by atoms with Crippen LogP contribution in [0.2, 0.25) is 0 Å². The molecule has 0 bridgehead atoms. The Labute approximate surface area is 99.5 Å². The van der Waals surface area contributed by atoms with Gasteiger partial charge in [-0.1, -0.05) is 11.8 Å². The molecule has 8 heteroatoms. The molecule has 1 unspecified atom stereocenters. The van der Waals surface area contributed by atoms with Crippen molar-refractivity contribution in [1.29, 1.82) is 0 Å². The van der Waals surface area contributed by atoms with Crippen molar-refractivity contribution in [2.75, 3.05) is 34.5 Å². The molecule has 0 aromatic rings. The summed E-state index contributed by atoms with van der Waals surface area (Å²) in [6.07, 6.45) is 0. The average Bonchev–Trinajstić information content (AvgIpc) is 2.37. The van der Waals surface area contributed by atoms with E-state index in [2.05, 4.69) is 25.6 Å². The molecule has 1 atom stereocenters. The Kier molecular flexibility index (Phi) is 7.79. The summed E-state index contributed by atoms with van der Waals surface area (Å²) in [7, 11) is -0.365. The fourth-order valence-electron chi connectivity index (χ4n) is 0.883. The van der Waals surface area contributed by atoms with Crippen LogP contribution >= 0.6 is 7.60 Å². The van der Waals surface area contributed by atoms with Gasteiger partial charge < -0.3 is 23.6 Å². The van der Waals surface area contributed by atoms with Crippen LogP contribution in [0.4, 0.5) is 0 Å². The van der Waals surface area contributed by atoms with Crippen LogP contribution < -0.4 is 0 Å². The van der Waals surface area contributed by atoms with Crippen LogP contribution in [0.15, 0.2) is 0 Å². The molecule has 17 heavy (non-hydrogen) atoms. The van der Waals surface area contributed by atoms with E-state index >= 15 is 0 Å². The fourth-order valence-corrected chi connectivity index (χ4v) is 2.04. The SMILES string of the molecule is COC(=O)C(OCC#CCO)P(=O)(OC)OC. The number of aliphatic hydroxyl groups excluding tert-OH is 1. The molecule has 0 saturated heterocycles.